The van der Waals surface area contributed by atoms with Gasteiger partial charge in [-0.15, -0.1) is 0 Å². The van der Waals surface area contributed by atoms with E-state index in [4.69, 9.17) is 4.74 Å². The SMILES string of the molecule is COc1ccccc1N1CCN(S(=O)(=O)c2cc(C)ccc2F)CC1. The number of nitrogens with zero attached hydrogens (tertiary/aromatic N) is 2. The Hall–Kier alpha value is -2.12. The molecule has 1 heterocycles. The number of sulfonamides is 1. The second kappa shape index (κ2) is 7.01. The number of benzene rings is 2. The van der Waals surface area contributed by atoms with Crippen LogP contribution in [0.4, 0.5) is 10.1 Å². The van der Waals surface area contributed by atoms with Gasteiger partial charge in [0.25, 0.3) is 0 Å². The van der Waals surface area contributed by atoms with Gasteiger partial charge in [0.2, 0.25) is 10.0 Å². The van der Waals surface area contributed by atoms with Gasteiger partial charge in [-0.25, -0.2) is 12.8 Å². The molecular weight excluding hydrogens is 343 g/mol. The summed E-state index contributed by atoms with van der Waals surface area (Å²) in [5.41, 5.74) is 1.65. The molecule has 3 rings (SSSR count). The van der Waals surface area contributed by atoms with Crippen molar-refractivity contribution >= 4 is 15.7 Å². The second-order valence-corrected chi connectivity index (χ2v) is 7.90. The number of methoxy groups -OCH3 is 1. The van der Waals surface area contributed by atoms with Crippen molar-refractivity contribution in [3.05, 3.63) is 53.8 Å². The van der Waals surface area contributed by atoms with E-state index in [1.54, 1.807) is 20.1 Å². The van der Waals surface area contributed by atoms with E-state index in [0.29, 0.717) is 31.7 Å². The summed E-state index contributed by atoms with van der Waals surface area (Å²) in [7, 11) is -2.22. The molecule has 1 aliphatic heterocycles. The van der Waals surface area contributed by atoms with Crippen molar-refractivity contribution in [2.45, 2.75) is 11.8 Å². The smallest absolute Gasteiger partial charge is 0.246 e. The molecule has 5 nitrogen and oxygen atoms in total. The van der Waals surface area contributed by atoms with Gasteiger partial charge in [0.05, 0.1) is 12.8 Å². The maximum atomic E-state index is 14.0. The van der Waals surface area contributed by atoms with Gasteiger partial charge in [-0.2, -0.15) is 4.31 Å². The molecule has 0 atom stereocenters. The van der Waals surface area contributed by atoms with Crippen LogP contribution in [0.3, 0.4) is 0 Å². The number of aryl methyl sites for hydroxylation is 1. The molecule has 0 unspecified atom stereocenters. The molecule has 0 radical (unpaired) electrons. The first kappa shape index (κ1) is 17.7. The zero-order valence-electron chi connectivity index (χ0n) is 14.3. The quantitative estimate of drug-likeness (QED) is 0.837. The molecule has 1 aliphatic rings. The van der Waals surface area contributed by atoms with Crippen LogP contribution in [0.15, 0.2) is 47.4 Å². The van der Waals surface area contributed by atoms with E-state index in [-0.39, 0.29) is 4.90 Å². The van der Waals surface area contributed by atoms with Crippen LogP contribution >= 0.6 is 0 Å². The summed E-state index contributed by atoms with van der Waals surface area (Å²) in [6.45, 7) is 3.39. The van der Waals surface area contributed by atoms with E-state index in [2.05, 4.69) is 4.90 Å². The monoisotopic (exact) mass is 364 g/mol. The second-order valence-electron chi connectivity index (χ2n) is 6.00. The highest BCUT2D eigenvalue weighted by molar-refractivity contribution is 7.89. The van der Waals surface area contributed by atoms with E-state index in [1.807, 2.05) is 24.3 Å². The third kappa shape index (κ3) is 3.48. The molecule has 2 aromatic rings. The Morgan fingerprint density at radius 1 is 1.04 bits per heavy atom. The number of piperazine rings is 1. The maximum Gasteiger partial charge on any atom is 0.246 e. The predicted octanol–water partition coefficient (Wildman–Crippen LogP) is 2.65. The summed E-state index contributed by atoms with van der Waals surface area (Å²) in [5, 5.41) is 0. The van der Waals surface area contributed by atoms with Crippen LogP contribution in [-0.4, -0.2) is 46.0 Å². The van der Waals surface area contributed by atoms with Gasteiger partial charge < -0.3 is 9.64 Å². The number of halogens is 1. The van der Waals surface area contributed by atoms with Crippen LogP contribution in [0.2, 0.25) is 0 Å². The van der Waals surface area contributed by atoms with E-state index >= 15 is 0 Å². The normalized spacial score (nSPS) is 16.0. The summed E-state index contributed by atoms with van der Waals surface area (Å²) in [5.74, 6) is 0.0429. The average Bonchev–Trinajstić information content (AvgIpc) is 2.63. The first-order valence-corrected chi connectivity index (χ1v) is 9.52. The van der Waals surface area contributed by atoms with Gasteiger partial charge >= 0.3 is 0 Å². The Labute approximate surface area is 147 Å². The lowest BCUT2D eigenvalue weighted by Crippen LogP contribution is -2.48. The number of ether oxygens (including phenoxy) is 1. The van der Waals surface area contributed by atoms with Gasteiger partial charge in [-0.3, -0.25) is 0 Å². The molecule has 2 aromatic carbocycles. The van der Waals surface area contributed by atoms with Crippen LogP contribution in [0.5, 0.6) is 5.75 Å². The molecule has 0 spiro atoms. The standard InChI is InChI=1S/C18H21FN2O3S/c1-14-7-8-15(19)18(13-14)25(22,23)21-11-9-20(10-12-21)16-5-3-4-6-17(16)24-2/h3-8,13H,9-12H2,1-2H3. The third-order valence-corrected chi connectivity index (χ3v) is 6.28. The van der Waals surface area contributed by atoms with E-state index in [9.17, 15) is 12.8 Å². The molecule has 0 N–H and O–H groups in total. The third-order valence-electron chi connectivity index (χ3n) is 4.37. The molecule has 0 amide bonds. The highest BCUT2D eigenvalue weighted by Crippen LogP contribution is 2.29. The van der Waals surface area contributed by atoms with Crippen LogP contribution in [0.1, 0.15) is 5.56 Å². The van der Waals surface area contributed by atoms with Crippen molar-refractivity contribution in [3.63, 3.8) is 0 Å². The number of rotatable bonds is 4. The lowest BCUT2D eigenvalue weighted by molar-refractivity contribution is 0.376. The van der Waals surface area contributed by atoms with E-state index in [0.717, 1.165) is 11.4 Å². The van der Waals surface area contributed by atoms with Crippen molar-refractivity contribution in [2.24, 2.45) is 0 Å². The van der Waals surface area contributed by atoms with Crippen LogP contribution in [-0.2, 0) is 10.0 Å². The fourth-order valence-electron chi connectivity index (χ4n) is 3.01. The van der Waals surface area contributed by atoms with Gasteiger partial charge in [-0.1, -0.05) is 18.2 Å². The molecular formula is C18H21FN2O3S. The molecule has 1 saturated heterocycles. The van der Waals surface area contributed by atoms with Crippen molar-refractivity contribution in [1.82, 2.24) is 4.31 Å². The first-order chi connectivity index (χ1) is 11.9. The Bertz CT molecular complexity index is 862. The lowest BCUT2D eigenvalue weighted by Gasteiger charge is -2.36. The topological polar surface area (TPSA) is 49.9 Å². The number of para-hydroxylation sites is 2. The minimum Gasteiger partial charge on any atom is -0.495 e. The average molecular weight is 364 g/mol. The summed E-state index contributed by atoms with van der Waals surface area (Å²) < 4.78 is 46.3. The summed E-state index contributed by atoms with van der Waals surface area (Å²) in [6, 6.07) is 11.8. The predicted molar refractivity (Wildman–Crippen MR) is 95.1 cm³/mol. The number of hydrogen-bond acceptors (Lipinski definition) is 4. The van der Waals surface area contributed by atoms with Crippen molar-refractivity contribution < 1.29 is 17.5 Å². The molecule has 0 aromatic heterocycles. The fraction of sp³-hybridized carbons (Fsp3) is 0.333. The molecule has 1 fully saturated rings. The zero-order chi connectivity index (χ0) is 18.0. The van der Waals surface area contributed by atoms with Gasteiger partial charge in [-0.05, 0) is 36.8 Å². The van der Waals surface area contributed by atoms with Gasteiger partial charge in [0, 0.05) is 26.2 Å². The molecule has 7 heteroatoms. The van der Waals surface area contributed by atoms with Gasteiger partial charge in [0.1, 0.15) is 16.5 Å². The molecule has 0 aliphatic carbocycles. The first-order valence-electron chi connectivity index (χ1n) is 8.08. The summed E-state index contributed by atoms with van der Waals surface area (Å²) >= 11 is 0. The van der Waals surface area contributed by atoms with E-state index < -0.39 is 15.8 Å². The zero-order valence-corrected chi connectivity index (χ0v) is 15.1. The Kier molecular flexibility index (Phi) is 4.96. The highest BCUT2D eigenvalue weighted by Gasteiger charge is 2.31. The van der Waals surface area contributed by atoms with Crippen LogP contribution in [0, 0.1) is 12.7 Å². The maximum absolute atomic E-state index is 14.0. The summed E-state index contributed by atoms with van der Waals surface area (Å²) in [4.78, 5) is 1.83. The van der Waals surface area contributed by atoms with Crippen molar-refractivity contribution in [3.8, 4) is 5.75 Å². The van der Waals surface area contributed by atoms with Crippen molar-refractivity contribution in [2.75, 3.05) is 38.2 Å². The Balaban J connectivity index is 1.79. The largest absolute Gasteiger partial charge is 0.495 e. The summed E-state index contributed by atoms with van der Waals surface area (Å²) in [6.07, 6.45) is 0. The van der Waals surface area contributed by atoms with E-state index in [1.165, 1.54) is 16.4 Å². The Morgan fingerprint density at radius 3 is 2.40 bits per heavy atom. The number of anilines is 1. The van der Waals surface area contributed by atoms with Crippen LogP contribution in [0.25, 0.3) is 0 Å². The minimum absolute atomic E-state index is 0.252. The van der Waals surface area contributed by atoms with Crippen molar-refractivity contribution in [1.29, 1.82) is 0 Å². The lowest BCUT2D eigenvalue weighted by atomic mass is 10.2. The highest BCUT2D eigenvalue weighted by atomic mass is 32.2. The molecule has 0 saturated carbocycles. The van der Waals surface area contributed by atoms with Gasteiger partial charge in [0.15, 0.2) is 0 Å². The fourth-order valence-corrected chi connectivity index (χ4v) is 4.58. The Morgan fingerprint density at radius 2 is 1.72 bits per heavy atom. The molecule has 0 bridgehead atoms. The molecule has 134 valence electrons. The van der Waals surface area contributed by atoms with Crippen LogP contribution < -0.4 is 9.64 Å². The molecule has 25 heavy (non-hydrogen) atoms. The number of hydrogen-bond donors (Lipinski definition) is 0. The minimum atomic E-state index is -3.84.